The predicted molar refractivity (Wildman–Crippen MR) is 139 cm³/mol. The van der Waals surface area contributed by atoms with E-state index < -0.39 is 11.4 Å². The van der Waals surface area contributed by atoms with Crippen LogP contribution in [0.4, 0.5) is 5.69 Å². The van der Waals surface area contributed by atoms with Gasteiger partial charge in [-0.25, -0.2) is 4.79 Å². The van der Waals surface area contributed by atoms with E-state index in [4.69, 9.17) is 5.11 Å². The molecule has 1 fully saturated rings. The molecule has 4 rings (SSSR count). The molecule has 3 N–H and O–H groups in total. The lowest BCUT2D eigenvalue weighted by Crippen LogP contribution is -2.40. The molecular weight excluding hydrogens is 438 g/mol. The molecule has 0 atom stereocenters. The summed E-state index contributed by atoms with van der Waals surface area (Å²) in [4.78, 5) is 24.4. The lowest BCUT2D eigenvalue weighted by molar-refractivity contribution is -0.131. The van der Waals surface area contributed by atoms with Gasteiger partial charge in [0.15, 0.2) is 0 Å². The molecule has 0 aromatic heterocycles. The van der Waals surface area contributed by atoms with Crippen molar-refractivity contribution in [2.45, 2.75) is 45.1 Å². The highest BCUT2D eigenvalue weighted by Crippen LogP contribution is 2.40. The van der Waals surface area contributed by atoms with E-state index in [0.29, 0.717) is 12.1 Å². The van der Waals surface area contributed by atoms with E-state index in [9.17, 15) is 14.7 Å². The third-order valence-electron chi connectivity index (χ3n) is 6.79. The summed E-state index contributed by atoms with van der Waals surface area (Å²) in [5, 5.41) is 21.4. The van der Waals surface area contributed by atoms with Crippen molar-refractivity contribution < 1.29 is 19.8 Å². The predicted octanol–water partition coefficient (Wildman–Crippen LogP) is 6.08. The molecule has 1 saturated carbocycles. The average molecular weight is 470 g/mol. The third-order valence-corrected chi connectivity index (χ3v) is 6.79. The number of aliphatic hydroxyl groups excluding tert-OH is 1. The number of amides is 1. The SMILES string of the molecule is O=C(O)/C=C/c1cccc(NC(=O)C2(Cc3ccc(-c4cccc(CO)c4)cc3)CCCCC2)c1. The van der Waals surface area contributed by atoms with Crippen LogP contribution < -0.4 is 5.32 Å². The van der Waals surface area contributed by atoms with Crippen molar-refractivity contribution in [3.63, 3.8) is 0 Å². The summed E-state index contributed by atoms with van der Waals surface area (Å²) in [7, 11) is 0. The second-order valence-corrected chi connectivity index (χ2v) is 9.32. The van der Waals surface area contributed by atoms with Crippen LogP contribution >= 0.6 is 0 Å². The fraction of sp³-hybridized carbons (Fsp3) is 0.267. The monoisotopic (exact) mass is 469 g/mol. The standard InChI is InChI=1S/C30H31NO4/c32-21-24-7-4-8-26(18-24)25-13-10-23(11-14-25)20-30(16-2-1-3-17-30)29(35)31-27-9-5-6-22(19-27)12-15-28(33)34/h4-15,18-19,32H,1-3,16-17,20-21H2,(H,31,35)(H,33,34)/b15-12+. The number of carboxylic acid groups (broad SMARTS) is 1. The molecule has 3 aromatic rings. The van der Waals surface area contributed by atoms with Crippen molar-refractivity contribution >= 4 is 23.6 Å². The van der Waals surface area contributed by atoms with Gasteiger partial charge < -0.3 is 15.5 Å². The fourth-order valence-electron chi connectivity index (χ4n) is 4.92. The maximum absolute atomic E-state index is 13.6. The van der Waals surface area contributed by atoms with Gasteiger partial charge in [0, 0.05) is 11.8 Å². The van der Waals surface area contributed by atoms with E-state index in [2.05, 4.69) is 29.6 Å². The summed E-state index contributed by atoms with van der Waals surface area (Å²) in [6, 6.07) is 23.5. The Morgan fingerprint density at radius 3 is 2.31 bits per heavy atom. The van der Waals surface area contributed by atoms with E-state index >= 15 is 0 Å². The second kappa shape index (κ2) is 11.2. The zero-order valence-corrected chi connectivity index (χ0v) is 19.7. The molecular formula is C30H31NO4. The topological polar surface area (TPSA) is 86.6 Å². The first-order valence-electron chi connectivity index (χ1n) is 12.1. The highest BCUT2D eigenvalue weighted by atomic mass is 16.4. The quantitative estimate of drug-likeness (QED) is 0.349. The van der Waals surface area contributed by atoms with Crippen LogP contribution in [0.5, 0.6) is 0 Å². The van der Waals surface area contributed by atoms with Crippen molar-refractivity contribution in [3.8, 4) is 11.1 Å². The molecule has 0 bridgehead atoms. The molecule has 0 heterocycles. The molecule has 1 aliphatic rings. The normalized spacial score (nSPS) is 15.1. The van der Waals surface area contributed by atoms with Crippen LogP contribution in [0.15, 0.2) is 78.9 Å². The molecule has 1 amide bonds. The lowest BCUT2D eigenvalue weighted by Gasteiger charge is -2.36. The minimum absolute atomic E-state index is 0.0162. The molecule has 0 saturated heterocycles. The molecule has 0 aliphatic heterocycles. The largest absolute Gasteiger partial charge is 0.478 e. The van der Waals surface area contributed by atoms with Crippen LogP contribution in [0.2, 0.25) is 0 Å². The second-order valence-electron chi connectivity index (χ2n) is 9.32. The van der Waals surface area contributed by atoms with E-state index in [1.807, 2.05) is 42.5 Å². The number of benzene rings is 3. The van der Waals surface area contributed by atoms with E-state index in [1.54, 1.807) is 6.07 Å². The number of hydrogen-bond donors (Lipinski definition) is 3. The molecule has 0 spiro atoms. The number of aliphatic carboxylic acids is 1. The van der Waals surface area contributed by atoms with Gasteiger partial charge in [-0.3, -0.25) is 4.79 Å². The number of nitrogens with one attached hydrogen (secondary N) is 1. The van der Waals surface area contributed by atoms with Crippen LogP contribution in [0, 0.1) is 5.41 Å². The number of carboxylic acids is 1. The van der Waals surface area contributed by atoms with Crippen molar-refractivity contribution in [2.75, 3.05) is 5.32 Å². The highest BCUT2D eigenvalue weighted by molar-refractivity contribution is 5.96. The maximum atomic E-state index is 13.6. The molecule has 3 aromatic carbocycles. The van der Waals surface area contributed by atoms with Crippen LogP contribution in [0.3, 0.4) is 0 Å². The van der Waals surface area contributed by atoms with Crippen LogP contribution in [0.25, 0.3) is 17.2 Å². The molecule has 5 nitrogen and oxygen atoms in total. The van der Waals surface area contributed by atoms with Crippen molar-refractivity contribution in [2.24, 2.45) is 5.41 Å². The fourth-order valence-corrected chi connectivity index (χ4v) is 4.92. The zero-order chi connectivity index (χ0) is 24.7. The summed E-state index contributed by atoms with van der Waals surface area (Å²) in [6.45, 7) is 0.0162. The van der Waals surface area contributed by atoms with Gasteiger partial charge in [0.1, 0.15) is 0 Å². The van der Waals surface area contributed by atoms with Gasteiger partial charge >= 0.3 is 5.97 Å². The van der Waals surface area contributed by atoms with Crippen molar-refractivity contribution in [1.82, 2.24) is 0 Å². The van der Waals surface area contributed by atoms with Crippen molar-refractivity contribution in [1.29, 1.82) is 0 Å². The first-order valence-corrected chi connectivity index (χ1v) is 12.1. The Hall–Kier alpha value is -3.70. The number of rotatable bonds is 8. The minimum atomic E-state index is -1.01. The first-order chi connectivity index (χ1) is 17.0. The van der Waals surface area contributed by atoms with Gasteiger partial charge in [0.05, 0.1) is 12.0 Å². The van der Waals surface area contributed by atoms with E-state index in [-0.39, 0.29) is 12.5 Å². The van der Waals surface area contributed by atoms with Gasteiger partial charge in [-0.15, -0.1) is 0 Å². The Morgan fingerprint density at radius 1 is 0.857 bits per heavy atom. The molecule has 0 radical (unpaired) electrons. The van der Waals surface area contributed by atoms with Gasteiger partial charge in [0.25, 0.3) is 0 Å². The summed E-state index contributed by atoms with van der Waals surface area (Å²) in [5.41, 5.74) is 5.08. The zero-order valence-electron chi connectivity index (χ0n) is 19.7. The van der Waals surface area contributed by atoms with E-state index in [0.717, 1.165) is 66.0 Å². The van der Waals surface area contributed by atoms with Gasteiger partial charge in [-0.1, -0.05) is 73.9 Å². The highest BCUT2D eigenvalue weighted by Gasteiger charge is 2.39. The number of aliphatic hydroxyl groups is 1. The Balaban J connectivity index is 1.52. The Morgan fingerprint density at radius 2 is 1.60 bits per heavy atom. The molecule has 35 heavy (non-hydrogen) atoms. The summed E-state index contributed by atoms with van der Waals surface area (Å²) in [6.07, 6.45) is 8.18. The number of carbonyl (C=O) groups is 2. The Bertz CT molecular complexity index is 1210. The van der Waals surface area contributed by atoms with Crippen molar-refractivity contribution in [3.05, 3.63) is 95.6 Å². The van der Waals surface area contributed by atoms with Crippen LogP contribution in [-0.4, -0.2) is 22.1 Å². The molecule has 0 unspecified atom stereocenters. The minimum Gasteiger partial charge on any atom is -0.478 e. The van der Waals surface area contributed by atoms with Gasteiger partial charge in [0.2, 0.25) is 5.91 Å². The summed E-state index contributed by atoms with van der Waals surface area (Å²) < 4.78 is 0. The first kappa shape index (κ1) is 24.4. The average Bonchev–Trinajstić information content (AvgIpc) is 2.89. The van der Waals surface area contributed by atoms with E-state index in [1.165, 1.54) is 6.08 Å². The van der Waals surface area contributed by atoms with Gasteiger partial charge in [-0.2, -0.15) is 0 Å². The Kier molecular flexibility index (Phi) is 7.78. The number of hydrogen-bond acceptors (Lipinski definition) is 3. The third kappa shape index (κ3) is 6.25. The lowest BCUT2D eigenvalue weighted by atomic mass is 9.69. The van der Waals surface area contributed by atoms with Crippen LogP contribution in [-0.2, 0) is 22.6 Å². The summed E-state index contributed by atoms with van der Waals surface area (Å²) in [5.74, 6) is -0.982. The Labute approximate surface area is 206 Å². The maximum Gasteiger partial charge on any atom is 0.328 e. The number of anilines is 1. The number of carbonyl (C=O) groups excluding carboxylic acids is 1. The van der Waals surface area contributed by atoms with Gasteiger partial charge in [-0.05, 0) is 71.4 Å². The molecule has 5 heteroatoms. The molecule has 1 aliphatic carbocycles. The van der Waals surface area contributed by atoms with Crippen LogP contribution in [0.1, 0.15) is 48.8 Å². The smallest absolute Gasteiger partial charge is 0.328 e. The molecule has 180 valence electrons. The summed E-state index contributed by atoms with van der Waals surface area (Å²) >= 11 is 0.